The number of ether oxygens (including phenoxy) is 1. The highest BCUT2D eigenvalue weighted by Crippen LogP contribution is 2.26. The molecule has 0 fully saturated rings. The molecule has 0 saturated carbocycles. The van der Waals surface area contributed by atoms with E-state index in [0.29, 0.717) is 29.0 Å². The lowest BCUT2D eigenvalue weighted by Crippen LogP contribution is -2.15. The normalized spacial score (nSPS) is 10.2. The Balaban J connectivity index is 0.00000145. The molecule has 0 aliphatic carbocycles. The number of nitrogens with one attached hydrogen (secondary N) is 2. The SMILES string of the molecule is CC.Cc1c(Cc2cccc(N)c2P)c(=O)oc2cc(OC(=N)SC=N)ccc12. The number of nitrogen functional groups attached to an aromatic ring is 1. The zero-order valence-electron chi connectivity index (χ0n) is 16.5. The molecule has 0 aliphatic rings. The molecule has 152 valence electrons. The number of thioether (sulfide) groups is 1. The van der Waals surface area contributed by atoms with Crippen LogP contribution in [0, 0.1) is 17.7 Å². The van der Waals surface area contributed by atoms with Crippen LogP contribution in [0.4, 0.5) is 5.69 Å². The second kappa shape index (κ2) is 10.2. The van der Waals surface area contributed by atoms with Gasteiger partial charge in [0.1, 0.15) is 11.3 Å². The maximum Gasteiger partial charge on any atom is 0.340 e. The van der Waals surface area contributed by atoms with E-state index in [1.807, 2.05) is 39.0 Å². The molecular formula is C21H24N3O3PS. The summed E-state index contributed by atoms with van der Waals surface area (Å²) in [5.41, 5.74) is 9.97. The molecule has 1 atom stereocenters. The average Bonchev–Trinajstić information content (AvgIpc) is 2.70. The minimum Gasteiger partial charge on any atom is -0.434 e. The van der Waals surface area contributed by atoms with Gasteiger partial charge in [0.15, 0.2) is 0 Å². The lowest BCUT2D eigenvalue weighted by atomic mass is 9.99. The minimum absolute atomic E-state index is 0.130. The molecule has 3 aromatic rings. The first-order chi connectivity index (χ1) is 13.9. The van der Waals surface area contributed by atoms with Gasteiger partial charge in [-0.25, -0.2) is 4.79 Å². The van der Waals surface area contributed by atoms with Crippen LogP contribution in [0.3, 0.4) is 0 Å². The molecule has 0 spiro atoms. The van der Waals surface area contributed by atoms with E-state index < -0.39 is 5.63 Å². The highest BCUT2D eigenvalue weighted by Gasteiger charge is 2.14. The van der Waals surface area contributed by atoms with Crippen LogP contribution in [0.25, 0.3) is 11.0 Å². The van der Waals surface area contributed by atoms with E-state index in [1.54, 1.807) is 18.2 Å². The summed E-state index contributed by atoms with van der Waals surface area (Å²) in [6.45, 7) is 5.89. The Morgan fingerprint density at radius 2 is 2.03 bits per heavy atom. The molecule has 2 aromatic carbocycles. The van der Waals surface area contributed by atoms with Gasteiger partial charge in [-0.15, -0.1) is 9.24 Å². The second-order valence-electron chi connectivity index (χ2n) is 5.87. The molecule has 0 bridgehead atoms. The van der Waals surface area contributed by atoms with E-state index in [4.69, 9.17) is 25.7 Å². The molecular weight excluding hydrogens is 405 g/mol. The molecule has 0 radical (unpaired) electrons. The molecule has 0 amide bonds. The third kappa shape index (κ3) is 5.25. The summed E-state index contributed by atoms with van der Waals surface area (Å²) < 4.78 is 10.8. The highest BCUT2D eigenvalue weighted by atomic mass is 32.2. The Morgan fingerprint density at radius 1 is 1.31 bits per heavy atom. The third-order valence-electron chi connectivity index (χ3n) is 4.23. The summed E-state index contributed by atoms with van der Waals surface area (Å²) in [6.07, 6.45) is 0.423. The molecule has 3 rings (SSSR count). The van der Waals surface area contributed by atoms with E-state index in [-0.39, 0.29) is 5.23 Å². The molecule has 0 saturated heterocycles. The van der Waals surface area contributed by atoms with Crippen molar-refractivity contribution in [2.45, 2.75) is 27.2 Å². The van der Waals surface area contributed by atoms with Crippen molar-refractivity contribution in [3.05, 3.63) is 63.5 Å². The summed E-state index contributed by atoms with van der Waals surface area (Å²) in [7, 11) is 2.62. The molecule has 1 heterocycles. The van der Waals surface area contributed by atoms with E-state index in [0.717, 1.165) is 39.1 Å². The van der Waals surface area contributed by atoms with Gasteiger partial charge in [-0.3, -0.25) is 5.41 Å². The molecule has 6 nitrogen and oxygen atoms in total. The first kappa shape index (κ1) is 22.7. The summed E-state index contributed by atoms with van der Waals surface area (Å²) >= 11 is 0.842. The van der Waals surface area contributed by atoms with Crippen LogP contribution < -0.4 is 21.4 Å². The van der Waals surface area contributed by atoms with Crippen molar-refractivity contribution in [2.24, 2.45) is 0 Å². The number of fused-ring (bicyclic) bond motifs is 1. The maximum absolute atomic E-state index is 12.6. The molecule has 1 unspecified atom stereocenters. The standard InChI is InChI=1S/C19H18N3O3PS.C2H6/c1-10-13-6-5-12(24-19(22)27-9-20)8-16(13)25-18(23)14(10)7-11-3-2-4-15(21)17(11)26;1-2/h2-6,8-9,20,22H,7,21,26H2,1H3;1-2H3. The van der Waals surface area contributed by atoms with Crippen LogP contribution in [0.5, 0.6) is 5.75 Å². The topological polar surface area (TPSA) is 113 Å². The summed E-state index contributed by atoms with van der Waals surface area (Å²) in [4.78, 5) is 12.6. The highest BCUT2D eigenvalue weighted by molar-refractivity contribution is 8.24. The number of benzene rings is 2. The van der Waals surface area contributed by atoms with Crippen molar-refractivity contribution in [2.75, 3.05) is 5.73 Å². The first-order valence-electron chi connectivity index (χ1n) is 9.02. The predicted octanol–water partition coefficient (Wildman–Crippen LogP) is 4.45. The van der Waals surface area contributed by atoms with Crippen molar-refractivity contribution in [1.29, 1.82) is 10.8 Å². The number of aryl methyl sites for hydroxylation is 1. The Kier molecular flexibility index (Phi) is 8.00. The van der Waals surface area contributed by atoms with Crippen molar-refractivity contribution in [1.82, 2.24) is 0 Å². The fraction of sp³-hybridized carbons (Fsp3) is 0.190. The molecule has 4 N–H and O–H groups in total. The Hall–Kier alpha value is -2.63. The van der Waals surface area contributed by atoms with Gasteiger partial charge in [-0.2, -0.15) is 0 Å². The second-order valence-corrected chi connectivity index (χ2v) is 7.29. The lowest BCUT2D eigenvalue weighted by Gasteiger charge is -2.11. The predicted molar refractivity (Wildman–Crippen MR) is 126 cm³/mol. The smallest absolute Gasteiger partial charge is 0.340 e. The van der Waals surface area contributed by atoms with Crippen LogP contribution in [-0.2, 0) is 6.42 Å². The van der Waals surface area contributed by atoms with Gasteiger partial charge >= 0.3 is 5.63 Å². The number of anilines is 1. The minimum atomic E-state index is -0.409. The van der Waals surface area contributed by atoms with Gasteiger partial charge in [-0.1, -0.05) is 26.0 Å². The molecule has 29 heavy (non-hydrogen) atoms. The van der Waals surface area contributed by atoms with Crippen LogP contribution in [-0.4, -0.2) is 10.8 Å². The summed E-state index contributed by atoms with van der Waals surface area (Å²) in [5, 5.41) is 16.1. The monoisotopic (exact) mass is 429 g/mol. The van der Waals surface area contributed by atoms with Crippen LogP contribution in [0.2, 0.25) is 0 Å². The largest absolute Gasteiger partial charge is 0.434 e. The average molecular weight is 429 g/mol. The first-order valence-corrected chi connectivity index (χ1v) is 10.5. The zero-order chi connectivity index (χ0) is 21.6. The fourth-order valence-electron chi connectivity index (χ4n) is 2.80. The van der Waals surface area contributed by atoms with Gasteiger partial charge in [0, 0.05) is 29.1 Å². The molecule has 1 aromatic heterocycles. The van der Waals surface area contributed by atoms with Gasteiger partial charge in [0.2, 0.25) is 0 Å². The van der Waals surface area contributed by atoms with Gasteiger partial charge in [0.25, 0.3) is 5.23 Å². The molecule has 0 aliphatic heterocycles. The fourth-order valence-corrected chi connectivity index (χ4v) is 3.35. The quantitative estimate of drug-likeness (QED) is 0.186. The van der Waals surface area contributed by atoms with Crippen LogP contribution in [0.1, 0.15) is 30.5 Å². The van der Waals surface area contributed by atoms with Crippen molar-refractivity contribution < 1.29 is 9.15 Å². The maximum atomic E-state index is 12.6. The van der Waals surface area contributed by atoms with Gasteiger partial charge in [-0.05, 0) is 53.3 Å². The van der Waals surface area contributed by atoms with Crippen molar-refractivity contribution >= 4 is 53.7 Å². The van der Waals surface area contributed by atoms with E-state index in [1.165, 1.54) is 0 Å². The molecule has 8 heteroatoms. The van der Waals surface area contributed by atoms with Crippen LogP contribution in [0.15, 0.2) is 45.6 Å². The summed E-state index contributed by atoms with van der Waals surface area (Å²) in [6, 6.07) is 10.7. The van der Waals surface area contributed by atoms with E-state index >= 15 is 0 Å². The Bertz CT molecular complexity index is 1110. The van der Waals surface area contributed by atoms with Crippen molar-refractivity contribution in [3.63, 3.8) is 0 Å². The zero-order valence-corrected chi connectivity index (χ0v) is 18.5. The Labute approximate surface area is 176 Å². The van der Waals surface area contributed by atoms with Gasteiger partial charge < -0.3 is 20.3 Å². The third-order valence-corrected chi connectivity index (χ3v) is 5.35. The Morgan fingerprint density at radius 3 is 2.72 bits per heavy atom. The summed E-state index contributed by atoms with van der Waals surface area (Å²) in [5.74, 6) is 0.375. The lowest BCUT2D eigenvalue weighted by molar-refractivity contribution is 0.539. The van der Waals surface area contributed by atoms with E-state index in [2.05, 4.69) is 9.24 Å². The van der Waals surface area contributed by atoms with Gasteiger partial charge in [0.05, 0.1) is 5.55 Å². The number of hydrogen-bond donors (Lipinski definition) is 3. The number of rotatable bonds is 4. The van der Waals surface area contributed by atoms with Crippen LogP contribution >= 0.6 is 21.0 Å². The number of hydrogen-bond acceptors (Lipinski definition) is 7. The van der Waals surface area contributed by atoms with Crippen molar-refractivity contribution in [3.8, 4) is 5.75 Å². The van der Waals surface area contributed by atoms with E-state index in [9.17, 15) is 4.79 Å². The number of nitrogens with two attached hydrogens (primary N) is 1.